The third kappa shape index (κ3) is 2.90. The minimum Gasteiger partial charge on any atom is -0.496 e. The van der Waals surface area contributed by atoms with Gasteiger partial charge in [-0.2, -0.15) is 0 Å². The molecular formula is C16H17N3OS. The fourth-order valence-corrected chi connectivity index (χ4v) is 3.41. The number of para-hydroxylation sites is 2. The van der Waals surface area contributed by atoms with E-state index in [0.29, 0.717) is 0 Å². The van der Waals surface area contributed by atoms with Gasteiger partial charge in [0.1, 0.15) is 5.75 Å². The molecule has 0 amide bonds. The number of hydrogen-bond donors (Lipinski definition) is 2. The van der Waals surface area contributed by atoms with Crippen LogP contribution in [-0.4, -0.2) is 12.1 Å². The highest BCUT2D eigenvalue weighted by Crippen LogP contribution is 2.29. The number of nitrogens with one attached hydrogen (secondary N) is 1. The van der Waals surface area contributed by atoms with E-state index in [-0.39, 0.29) is 6.04 Å². The van der Waals surface area contributed by atoms with Crippen molar-refractivity contribution >= 4 is 21.6 Å². The van der Waals surface area contributed by atoms with E-state index in [4.69, 9.17) is 10.6 Å². The van der Waals surface area contributed by atoms with E-state index >= 15 is 0 Å². The molecule has 0 bridgehead atoms. The van der Waals surface area contributed by atoms with E-state index in [2.05, 4.69) is 16.5 Å². The van der Waals surface area contributed by atoms with E-state index in [1.54, 1.807) is 18.4 Å². The van der Waals surface area contributed by atoms with Crippen molar-refractivity contribution in [3.05, 3.63) is 59.1 Å². The highest BCUT2D eigenvalue weighted by molar-refractivity contribution is 7.18. The van der Waals surface area contributed by atoms with Crippen LogP contribution in [0.3, 0.4) is 0 Å². The Morgan fingerprint density at radius 1 is 1.19 bits per heavy atom. The fraction of sp³-hybridized carbons (Fsp3) is 0.188. The van der Waals surface area contributed by atoms with Gasteiger partial charge in [0, 0.05) is 12.0 Å². The third-order valence-electron chi connectivity index (χ3n) is 3.43. The number of methoxy groups -OCH3 is 1. The molecule has 3 aromatic rings. The van der Waals surface area contributed by atoms with E-state index in [1.807, 2.05) is 42.5 Å². The lowest BCUT2D eigenvalue weighted by atomic mass is 10.0. The molecule has 0 aliphatic rings. The van der Waals surface area contributed by atoms with Crippen LogP contribution < -0.4 is 16.0 Å². The lowest BCUT2D eigenvalue weighted by Crippen LogP contribution is -2.29. The first-order valence-corrected chi connectivity index (χ1v) is 7.57. The summed E-state index contributed by atoms with van der Waals surface area (Å²) >= 11 is 1.70. The minimum atomic E-state index is -0.0262. The van der Waals surface area contributed by atoms with Gasteiger partial charge < -0.3 is 4.74 Å². The zero-order valence-corrected chi connectivity index (χ0v) is 12.6. The maximum atomic E-state index is 5.74. The van der Waals surface area contributed by atoms with Gasteiger partial charge in [0.25, 0.3) is 0 Å². The Balaban J connectivity index is 1.90. The molecular weight excluding hydrogens is 282 g/mol. The summed E-state index contributed by atoms with van der Waals surface area (Å²) < 4.78 is 6.61. The number of ether oxygens (including phenoxy) is 1. The summed E-state index contributed by atoms with van der Waals surface area (Å²) in [5.41, 5.74) is 4.95. The van der Waals surface area contributed by atoms with Crippen molar-refractivity contribution in [2.45, 2.75) is 12.5 Å². The molecule has 0 aliphatic heterocycles. The number of hydrogen-bond acceptors (Lipinski definition) is 5. The highest BCUT2D eigenvalue weighted by Gasteiger charge is 2.17. The van der Waals surface area contributed by atoms with Gasteiger partial charge in [-0.1, -0.05) is 30.3 Å². The number of hydrazine groups is 1. The SMILES string of the molecule is COc1ccccc1C(Cc1nc2ccccc2s1)NN. The molecule has 2 aromatic carbocycles. The maximum Gasteiger partial charge on any atom is 0.123 e. The second-order valence-corrected chi connectivity index (χ2v) is 5.86. The summed E-state index contributed by atoms with van der Waals surface area (Å²) in [6.45, 7) is 0. The molecule has 3 N–H and O–H groups in total. The van der Waals surface area contributed by atoms with Crippen LogP contribution in [0.25, 0.3) is 10.2 Å². The standard InChI is InChI=1S/C16H17N3OS/c1-20-14-8-4-2-6-11(14)13(19-17)10-16-18-12-7-3-5-9-15(12)21-16/h2-9,13,19H,10,17H2,1H3. The average molecular weight is 299 g/mol. The smallest absolute Gasteiger partial charge is 0.123 e. The molecule has 1 unspecified atom stereocenters. The van der Waals surface area contributed by atoms with Gasteiger partial charge in [0.2, 0.25) is 0 Å². The Morgan fingerprint density at radius 2 is 1.95 bits per heavy atom. The second-order valence-electron chi connectivity index (χ2n) is 4.74. The van der Waals surface area contributed by atoms with Crippen molar-refractivity contribution in [1.82, 2.24) is 10.4 Å². The monoisotopic (exact) mass is 299 g/mol. The van der Waals surface area contributed by atoms with Crippen LogP contribution in [0.4, 0.5) is 0 Å². The Morgan fingerprint density at radius 3 is 2.71 bits per heavy atom. The lowest BCUT2D eigenvalue weighted by Gasteiger charge is -2.17. The number of thiazole rings is 1. The number of fused-ring (bicyclic) bond motifs is 1. The normalized spacial score (nSPS) is 12.5. The predicted octanol–water partition coefficient (Wildman–Crippen LogP) is 3.05. The van der Waals surface area contributed by atoms with Gasteiger partial charge >= 0.3 is 0 Å². The summed E-state index contributed by atoms with van der Waals surface area (Å²) in [6.07, 6.45) is 0.732. The summed E-state index contributed by atoms with van der Waals surface area (Å²) in [7, 11) is 1.67. The molecule has 0 spiro atoms. The average Bonchev–Trinajstić information content (AvgIpc) is 2.95. The molecule has 0 aliphatic carbocycles. The minimum absolute atomic E-state index is 0.0262. The van der Waals surface area contributed by atoms with Gasteiger partial charge in [0.05, 0.1) is 28.4 Å². The van der Waals surface area contributed by atoms with Crippen molar-refractivity contribution in [2.75, 3.05) is 7.11 Å². The van der Waals surface area contributed by atoms with Gasteiger partial charge in [0.15, 0.2) is 0 Å². The fourth-order valence-electron chi connectivity index (χ4n) is 2.39. The van der Waals surface area contributed by atoms with Gasteiger partial charge in [-0.25, -0.2) is 4.98 Å². The van der Waals surface area contributed by atoms with Gasteiger partial charge in [-0.15, -0.1) is 11.3 Å². The highest BCUT2D eigenvalue weighted by atomic mass is 32.1. The third-order valence-corrected chi connectivity index (χ3v) is 4.49. The quantitative estimate of drug-likeness (QED) is 0.561. The van der Waals surface area contributed by atoms with Crippen molar-refractivity contribution < 1.29 is 4.74 Å². The summed E-state index contributed by atoms with van der Waals surface area (Å²) in [5, 5.41) is 1.06. The van der Waals surface area contributed by atoms with Gasteiger partial charge in [-0.3, -0.25) is 11.3 Å². The van der Waals surface area contributed by atoms with Crippen LogP contribution in [0, 0.1) is 0 Å². The topological polar surface area (TPSA) is 60.2 Å². The Kier molecular flexibility index (Phi) is 4.15. The van der Waals surface area contributed by atoms with Crippen LogP contribution in [0.5, 0.6) is 5.75 Å². The first-order chi connectivity index (χ1) is 10.3. The molecule has 1 aromatic heterocycles. The molecule has 3 rings (SSSR count). The Bertz CT molecular complexity index is 708. The van der Waals surface area contributed by atoms with Gasteiger partial charge in [-0.05, 0) is 18.2 Å². The second kappa shape index (κ2) is 6.22. The van der Waals surface area contributed by atoms with E-state index in [0.717, 1.165) is 28.3 Å². The maximum absolute atomic E-state index is 5.74. The Labute approximate surface area is 127 Å². The predicted molar refractivity (Wildman–Crippen MR) is 86.4 cm³/mol. The molecule has 5 heteroatoms. The zero-order valence-electron chi connectivity index (χ0n) is 11.7. The van der Waals surface area contributed by atoms with Crippen LogP contribution in [0.2, 0.25) is 0 Å². The molecule has 0 fully saturated rings. The van der Waals surface area contributed by atoms with Crippen molar-refractivity contribution in [3.8, 4) is 5.75 Å². The first kappa shape index (κ1) is 14.0. The number of rotatable bonds is 5. The van der Waals surface area contributed by atoms with Crippen molar-refractivity contribution in [1.29, 1.82) is 0 Å². The van der Waals surface area contributed by atoms with Crippen molar-refractivity contribution in [3.63, 3.8) is 0 Å². The number of nitrogens with two attached hydrogens (primary N) is 1. The zero-order chi connectivity index (χ0) is 14.7. The molecule has 0 radical (unpaired) electrons. The largest absolute Gasteiger partial charge is 0.496 e. The molecule has 1 heterocycles. The number of nitrogens with zero attached hydrogens (tertiary/aromatic N) is 1. The van der Waals surface area contributed by atoms with E-state index in [9.17, 15) is 0 Å². The molecule has 21 heavy (non-hydrogen) atoms. The Hall–Kier alpha value is -1.95. The number of benzene rings is 2. The molecule has 0 saturated carbocycles. The summed E-state index contributed by atoms with van der Waals surface area (Å²) in [6, 6.07) is 16.0. The molecule has 4 nitrogen and oxygen atoms in total. The summed E-state index contributed by atoms with van der Waals surface area (Å²) in [5.74, 6) is 6.58. The van der Waals surface area contributed by atoms with E-state index < -0.39 is 0 Å². The van der Waals surface area contributed by atoms with E-state index in [1.165, 1.54) is 4.70 Å². The number of aromatic nitrogens is 1. The van der Waals surface area contributed by atoms with Crippen LogP contribution in [0.15, 0.2) is 48.5 Å². The first-order valence-electron chi connectivity index (χ1n) is 6.75. The summed E-state index contributed by atoms with van der Waals surface area (Å²) in [4.78, 5) is 4.66. The van der Waals surface area contributed by atoms with Crippen LogP contribution in [0.1, 0.15) is 16.6 Å². The van der Waals surface area contributed by atoms with Crippen LogP contribution >= 0.6 is 11.3 Å². The molecule has 108 valence electrons. The van der Waals surface area contributed by atoms with Crippen molar-refractivity contribution in [2.24, 2.45) is 5.84 Å². The lowest BCUT2D eigenvalue weighted by molar-refractivity contribution is 0.399. The molecule has 0 saturated heterocycles. The molecule has 1 atom stereocenters. The van der Waals surface area contributed by atoms with Crippen LogP contribution in [-0.2, 0) is 6.42 Å².